The van der Waals surface area contributed by atoms with E-state index in [4.69, 9.17) is 0 Å². The number of carbonyl (C=O) groups excluding carboxylic acids is 2. The second kappa shape index (κ2) is 7.59. The predicted molar refractivity (Wildman–Crippen MR) is 77.4 cm³/mol. The van der Waals surface area contributed by atoms with Crippen LogP contribution in [0, 0.1) is 0 Å². The van der Waals surface area contributed by atoms with Crippen LogP contribution in [-0.2, 0) is 9.59 Å². The van der Waals surface area contributed by atoms with Crippen molar-refractivity contribution in [2.45, 2.75) is 19.8 Å². The molecule has 114 valence electrons. The van der Waals surface area contributed by atoms with Crippen molar-refractivity contribution in [3.63, 3.8) is 0 Å². The Morgan fingerprint density at radius 2 is 1.50 bits per heavy atom. The van der Waals surface area contributed by atoms with Crippen molar-refractivity contribution in [3.05, 3.63) is 0 Å². The summed E-state index contributed by atoms with van der Waals surface area (Å²) in [7, 11) is 0. The summed E-state index contributed by atoms with van der Waals surface area (Å²) < 4.78 is 0. The fourth-order valence-electron chi connectivity index (χ4n) is 2.84. The van der Waals surface area contributed by atoms with Gasteiger partial charge in [-0.25, -0.2) is 0 Å². The molecule has 2 heterocycles. The molecule has 2 aliphatic heterocycles. The van der Waals surface area contributed by atoms with Gasteiger partial charge in [0.15, 0.2) is 0 Å². The SMILES string of the molecule is CCNC(=O)CN1CCN(C(=O)CN2CCCC2)CC1. The van der Waals surface area contributed by atoms with Gasteiger partial charge in [-0.15, -0.1) is 0 Å². The number of nitrogens with one attached hydrogen (secondary N) is 1. The van der Waals surface area contributed by atoms with E-state index in [1.807, 2.05) is 11.8 Å². The highest BCUT2D eigenvalue weighted by molar-refractivity contribution is 5.79. The van der Waals surface area contributed by atoms with Gasteiger partial charge in [-0.1, -0.05) is 0 Å². The lowest BCUT2D eigenvalue weighted by molar-refractivity contribution is -0.134. The maximum absolute atomic E-state index is 12.2. The maximum atomic E-state index is 12.2. The minimum absolute atomic E-state index is 0.0735. The van der Waals surface area contributed by atoms with Crippen LogP contribution in [0.25, 0.3) is 0 Å². The van der Waals surface area contributed by atoms with Gasteiger partial charge >= 0.3 is 0 Å². The molecule has 2 fully saturated rings. The number of hydrogen-bond acceptors (Lipinski definition) is 4. The molecule has 0 aromatic heterocycles. The van der Waals surface area contributed by atoms with Crippen LogP contribution in [-0.4, -0.2) is 85.4 Å². The van der Waals surface area contributed by atoms with E-state index >= 15 is 0 Å². The number of piperazine rings is 1. The Morgan fingerprint density at radius 3 is 2.10 bits per heavy atom. The summed E-state index contributed by atoms with van der Waals surface area (Å²) in [4.78, 5) is 30.0. The molecule has 2 rings (SSSR count). The summed E-state index contributed by atoms with van der Waals surface area (Å²) in [5, 5.41) is 2.81. The largest absolute Gasteiger partial charge is 0.355 e. The van der Waals surface area contributed by atoms with E-state index in [0.29, 0.717) is 19.6 Å². The van der Waals surface area contributed by atoms with Crippen molar-refractivity contribution in [2.24, 2.45) is 0 Å². The van der Waals surface area contributed by atoms with E-state index in [2.05, 4.69) is 15.1 Å². The zero-order chi connectivity index (χ0) is 14.4. The third-order valence-corrected chi connectivity index (χ3v) is 4.02. The first-order valence-corrected chi connectivity index (χ1v) is 7.68. The van der Waals surface area contributed by atoms with Crippen LogP contribution in [0.1, 0.15) is 19.8 Å². The van der Waals surface area contributed by atoms with Crippen molar-refractivity contribution in [1.82, 2.24) is 20.0 Å². The number of amides is 2. The van der Waals surface area contributed by atoms with Gasteiger partial charge in [0.05, 0.1) is 13.1 Å². The molecule has 0 aromatic carbocycles. The average Bonchev–Trinajstić information content (AvgIpc) is 2.92. The van der Waals surface area contributed by atoms with Gasteiger partial charge in [0.1, 0.15) is 0 Å². The van der Waals surface area contributed by atoms with Gasteiger partial charge in [-0.05, 0) is 32.9 Å². The van der Waals surface area contributed by atoms with Crippen molar-refractivity contribution in [3.8, 4) is 0 Å². The molecule has 6 heteroatoms. The molecule has 0 bridgehead atoms. The Balaban J connectivity index is 1.67. The van der Waals surface area contributed by atoms with E-state index in [9.17, 15) is 9.59 Å². The van der Waals surface area contributed by atoms with E-state index in [1.165, 1.54) is 12.8 Å². The molecule has 0 unspecified atom stereocenters. The summed E-state index contributed by atoms with van der Waals surface area (Å²) in [5.41, 5.74) is 0. The molecular formula is C14H26N4O2. The Morgan fingerprint density at radius 1 is 0.900 bits per heavy atom. The summed E-state index contributed by atoms with van der Waals surface area (Å²) in [6.07, 6.45) is 2.43. The Hall–Kier alpha value is -1.14. The van der Waals surface area contributed by atoms with Crippen LogP contribution in [0.2, 0.25) is 0 Å². The van der Waals surface area contributed by atoms with Crippen LogP contribution in [0.3, 0.4) is 0 Å². The van der Waals surface area contributed by atoms with Gasteiger partial charge in [0, 0.05) is 32.7 Å². The lowest BCUT2D eigenvalue weighted by Crippen LogP contribution is -2.52. The number of likely N-dealkylation sites (tertiary alicyclic amines) is 1. The van der Waals surface area contributed by atoms with Crippen LogP contribution in [0.15, 0.2) is 0 Å². The molecule has 1 N–H and O–H groups in total. The van der Waals surface area contributed by atoms with Gasteiger partial charge in [0.2, 0.25) is 11.8 Å². The number of rotatable bonds is 5. The van der Waals surface area contributed by atoms with Crippen molar-refractivity contribution in [1.29, 1.82) is 0 Å². The summed E-state index contributed by atoms with van der Waals surface area (Å²) in [5.74, 6) is 0.314. The zero-order valence-corrected chi connectivity index (χ0v) is 12.4. The molecule has 6 nitrogen and oxygen atoms in total. The minimum Gasteiger partial charge on any atom is -0.355 e. The van der Waals surface area contributed by atoms with Gasteiger partial charge in [0.25, 0.3) is 0 Å². The molecule has 0 spiro atoms. The highest BCUT2D eigenvalue weighted by Gasteiger charge is 2.24. The highest BCUT2D eigenvalue weighted by Crippen LogP contribution is 2.08. The van der Waals surface area contributed by atoms with Crippen LogP contribution < -0.4 is 5.32 Å². The monoisotopic (exact) mass is 282 g/mol. The van der Waals surface area contributed by atoms with Gasteiger partial charge in [-0.2, -0.15) is 0 Å². The Kier molecular flexibility index (Phi) is 5.79. The first kappa shape index (κ1) is 15.3. The van der Waals surface area contributed by atoms with Gasteiger partial charge < -0.3 is 10.2 Å². The van der Waals surface area contributed by atoms with E-state index < -0.39 is 0 Å². The normalized spacial score (nSPS) is 21.1. The van der Waals surface area contributed by atoms with Crippen LogP contribution >= 0.6 is 0 Å². The maximum Gasteiger partial charge on any atom is 0.236 e. The summed E-state index contributed by atoms with van der Waals surface area (Å²) in [6.45, 7) is 8.80. The molecule has 2 amide bonds. The van der Waals surface area contributed by atoms with Crippen molar-refractivity contribution in [2.75, 3.05) is 58.9 Å². The molecule has 20 heavy (non-hydrogen) atoms. The van der Waals surface area contributed by atoms with Gasteiger partial charge in [-0.3, -0.25) is 19.4 Å². The standard InChI is InChI=1S/C14H26N4O2/c1-2-15-13(19)11-17-7-9-18(10-8-17)14(20)12-16-5-3-4-6-16/h2-12H2,1H3,(H,15,19). The number of carbonyl (C=O) groups is 2. The lowest BCUT2D eigenvalue weighted by atomic mass is 10.3. The van der Waals surface area contributed by atoms with Crippen LogP contribution in [0.5, 0.6) is 0 Å². The molecule has 0 aromatic rings. The van der Waals surface area contributed by atoms with E-state index in [0.717, 1.165) is 39.3 Å². The molecule has 0 atom stereocenters. The number of likely N-dealkylation sites (N-methyl/N-ethyl adjacent to an activating group) is 1. The quantitative estimate of drug-likeness (QED) is 0.729. The van der Waals surface area contributed by atoms with Crippen molar-refractivity contribution < 1.29 is 9.59 Å². The predicted octanol–water partition coefficient (Wildman–Crippen LogP) is -0.637. The fraction of sp³-hybridized carbons (Fsp3) is 0.857. The summed E-state index contributed by atoms with van der Waals surface area (Å²) >= 11 is 0. The Labute approximate surface area is 121 Å². The molecule has 2 aliphatic rings. The highest BCUT2D eigenvalue weighted by atomic mass is 16.2. The number of hydrogen-bond donors (Lipinski definition) is 1. The smallest absolute Gasteiger partial charge is 0.236 e. The second-order valence-electron chi connectivity index (χ2n) is 5.59. The molecular weight excluding hydrogens is 256 g/mol. The third-order valence-electron chi connectivity index (χ3n) is 4.02. The van der Waals surface area contributed by atoms with E-state index in [1.54, 1.807) is 0 Å². The minimum atomic E-state index is 0.0735. The molecule has 2 saturated heterocycles. The first-order chi connectivity index (χ1) is 9.69. The van der Waals surface area contributed by atoms with E-state index in [-0.39, 0.29) is 11.8 Å². The Bertz CT molecular complexity index is 334. The zero-order valence-electron chi connectivity index (χ0n) is 12.4. The third kappa shape index (κ3) is 4.45. The molecule has 0 radical (unpaired) electrons. The first-order valence-electron chi connectivity index (χ1n) is 7.68. The lowest BCUT2D eigenvalue weighted by Gasteiger charge is -2.35. The van der Waals surface area contributed by atoms with Crippen molar-refractivity contribution >= 4 is 11.8 Å². The number of nitrogens with zero attached hydrogens (tertiary/aromatic N) is 3. The molecule has 0 aliphatic carbocycles. The summed E-state index contributed by atoms with van der Waals surface area (Å²) in [6, 6.07) is 0. The average molecular weight is 282 g/mol. The molecule has 0 saturated carbocycles. The second-order valence-corrected chi connectivity index (χ2v) is 5.59. The fourth-order valence-corrected chi connectivity index (χ4v) is 2.84. The topological polar surface area (TPSA) is 55.9 Å². The van der Waals surface area contributed by atoms with Crippen LogP contribution in [0.4, 0.5) is 0 Å².